The number of aryl methyl sites for hydroxylation is 1. The molecule has 0 spiro atoms. The highest BCUT2D eigenvalue weighted by Crippen LogP contribution is 2.27. The third kappa shape index (κ3) is 3.65. The molecule has 1 aromatic rings. The minimum Gasteiger partial charge on any atom is -0.372 e. The van der Waals surface area contributed by atoms with E-state index in [4.69, 9.17) is 4.74 Å². The zero-order valence-electron chi connectivity index (χ0n) is 13.3. The summed E-state index contributed by atoms with van der Waals surface area (Å²) >= 11 is 0. The normalized spacial score (nSPS) is 27.0. The van der Waals surface area contributed by atoms with E-state index in [1.54, 1.807) is 0 Å². The van der Waals surface area contributed by atoms with Crippen LogP contribution in [0, 0.1) is 0 Å². The summed E-state index contributed by atoms with van der Waals surface area (Å²) in [5.41, 5.74) is 2.83. The Morgan fingerprint density at radius 3 is 2.38 bits per heavy atom. The Bertz CT molecular complexity index is 433. The van der Waals surface area contributed by atoms with Gasteiger partial charge in [-0.1, -0.05) is 38.1 Å². The molecule has 0 amide bonds. The molecule has 2 aliphatic rings. The topological polar surface area (TPSA) is 24.5 Å². The van der Waals surface area contributed by atoms with Crippen molar-refractivity contribution in [3.8, 4) is 0 Å². The van der Waals surface area contributed by atoms with Gasteiger partial charge in [0.1, 0.15) is 0 Å². The van der Waals surface area contributed by atoms with Crippen LogP contribution in [0.3, 0.4) is 0 Å². The summed E-state index contributed by atoms with van der Waals surface area (Å²) in [6, 6.07) is 9.55. The first-order valence-electron chi connectivity index (χ1n) is 8.48. The molecule has 116 valence electrons. The minimum absolute atomic E-state index is 0.429. The van der Waals surface area contributed by atoms with Gasteiger partial charge in [0.2, 0.25) is 0 Å². The van der Waals surface area contributed by atoms with Crippen molar-refractivity contribution in [3.05, 3.63) is 35.4 Å². The third-order valence-corrected chi connectivity index (χ3v) is 4.80. The summed E-state index contributed by atoms with van der Waals surface area (Å²) in [6.07, 6.45) is 4.57. The van der Waals surface area contributed by atoms with Crippen molar-refractivity contribution in [1.29, 1.82) is 0 Å². The summed E-state index contributed by atoms with van der Waals surface area (Å²) in [5.74, 6) is 0. The van der Waals surface area contributed by atoms with Gasteiger partial charge in [0, 0.05) is 25.7 Å². The number of morpholine rings is 1. The van der Waals surface area contributed by atoms with Gasteiger partial charge in [-0.2, -0.15) is 0 Å². The molecule has 21 heavy (non-hydrogen) atoms. The quantitative estimate of drug-likeness (QED) is 0.871. The molecule has 3 atom stereocenters. The van der Waals surface area contributed by atoms with Gasteiger partial charge in [0.05, 0.1) is 12.2 Å². The number of fused-ring (bicyclic) bond motifs is 2. The van der Waals surface area contributed by atoms with E-state index in [0.717, 1.165) is 32.6 Å². The van der Waals surface area contributed by atoms with Crippen molar-refractivity contribution in [2.45, 2.75) is 51.4 Å². The molecule has 1 N–H and O–H groups in total. The maximum Gasteiger partial charge on any atom is 0.0707 e. The number of rotatable bonds is 6. The summed E-state index contributed by atoms with van der Waals surface area (Å²) in [6.45, 7) is 8.71. The molecule has 2 aliphatic heterocycles. The highest BCUT2D eigenvalue weighted by atomic mass is 16.5. The molecule has 3 unspecified atom stereocenters. The van der Waals surface area contributed by atoms with Crippen LogP contribution in [0.2, 0.25) is 0 Å². The van der Waals surface area contributed by atoms with E-state index in [1.165, 1.54) is 24.0 Å². The van der Waals surface area contributed by atoms with Crippen molar-refractivity contribution < 1.29 is 4.74 Å². The van der Waals surface area contributed by atoms with Gasteiger partial charge in [-0.05, 0) is 36.9 Å². The molecule has 1 aromatic carbocycles. The lowest BCUT2D eigenvalue weighted by Crippen LogP contribution is -2.46. The van der Waals surface area contributed by atoms with Crippen molar-refractivity contribution in [2.24, 2.45) is 0 Å². The van der Waals surface area contributed by atoms with E-state index in [2.05, 4.69) is 48.3 Å². The number of likely N-dealkylation sites (N-methyl/N-ethyl adjacent to an activating group) is 1. The second-order valence-electron chi connectivity index (χ2n) is 6.38. The summed E-state index contributed by atoms with van der Waals surface area (Å²) in [5, 5.41) is 3.65. The van der Waals surface area contributed by atoms with Gasteiger partial charge < -0.3 is 10.1 Å². The summed E-state index contributed by atoms with van der Waals surface area (Å²) in [4.78, 5) is 2.59. The van der Waals surface area contributed by atoms with Crippen LogP contribution >= 0.6 is 0 Å². The van der Waals surface area contributed by atoms with Crippen LogP contribution in [0.25, 0.3) is 0 Å². The first-order valence-corrected chi connectivity index (χ1v) is 8.48. The fraction of sp³-hybridized carbons (Fsp3) is 0.667. The van der Waals surface area contributed by atoms with E-state index in [9.17, 15) is 0 Å². The van der Waals surface area contributed by atoms with Gasteiger partial charge in [-0.15, -0.1) is 0 Å². The molecule has 3 heteroatoms. The maximum absolute atomic E-state index is 5.94. The lowest BCUT2D eigenvalue weighted by atomic mass is 10.0. The number of nitrogens with zero attached hydrogens (tertiary/aromatic N) is 1. The van der Waals surface area contributed by atoms with E-state index in [0.29, 0.717) is 18.2 Å². The van der Waals surface area contributed by atoms with Crippen LogP contribution in [-0.2, 0) is 11.2 Å². The van der Waals surface area contributed by atoms with Gasteiger partial charge >= 0.3 is 0 Å². The second kappa shape index (κ2) is 6.91. The Hall–Kier alpha value is -0.900. The highest BCUT2D eigenvalue weighted by molar-refractivity contribution is 5.25. The molecule has 2 saturated heterocycles. The first kappa shape index (κ1) is 15.0. The molecular weight excluding hydrogens is 260 g/mol. The zero-order chi connectivity index (χ0) is 14.7. The fourth-order valence-corrected chi connectivity index (χ4v) is 3.63. The van der Waals surface area contributed by atoms with E-state index in [1.807, 2.05) is 0 Å². The molecule has 0 radical (unpaired) electrons. The average Bonchev–Trinajstić information content (AvgIpc) is 2.86. The maximum atomic E-state index is 5.94. The lowest BCUT2D eigenvalue weighted by molar-refractivity contribution is -0.0407. The van der Waals surface area contributed by atoms with E-state index in [-0.39, 0.29) is 0 Å². The number of ether oxygens (including phenoxy) is 1. The van der Waals surface area contributed by atoms with Crippen molar-refractivity contribution in [2.75, 3.05) is 26.2 Å². The number of hydrogen-bond donors (Lipinski definition) is 1. The molecule has 2 bridgehead atoms. The Balaban J connectivity index is 1.65. The van der Waals surface area contributed by atoms with Crippen molar-refractivity contribution in [1.82, 2.24) is 10.2 Å². The molecule has 0 saturated carbocycles. The van der Waals surface area contributed by atoms with Crippen LogP contribution in [0.4, 0.5) is 0 Å². The number of hydrogen-bond acceptors (Lipinski definition) is 3. The largest absolute Gasteiger partial charge is 0.372 e. The number of nitrogens with one attached hydrogen (secondary N) is 1. The standard InChI is InChI=1S/C18H28N2O/c1-3-14-5-7-15(8-6-14)18(19-4-2)13-20-11-16-9-10-17(12-20)21-16/h5-8,16-19H,3-4,9-13H2,1-2H3. The van der Waals surface area contributed by atoms with E-state index >= 15 is 0 Å². The van der Waals surface area contributed by atoms with Gasteiger partial charge in [0.25, 0.3) is 0 Å². The summed E-state index contributed by atoms with van der Waals surface area (Å²) < 4.78 is 5.94. The highest BCUT2D eigenvalue weighted by Gasteiger charge is 2.34. The average molecular weight is 288 g/mol. The molecule has 2 fully saturated rings. The Morgan fingerprint density at radius 1 is 1.14 bits per heavy atom. The Labute approximate surface area is 128 Å². The van der Waals surface area contributed by atoms with Crippen LogP contribution in [-0.4, -0.2) is 43.3 Å². The fourth-order valence-electron chi connectivity index (χ4n) is 3.63. The molecular formula is C18H28N2O. The second-order valence-corrected chi connectivity index (χ2v) is 6.38. The monoisotopic (exact) mass is 288 g/mol. The van der Waals surface area contributed by atoms with Crippen LogP contribution < -0.4 is 5.32 Å². The third-order valence-electron chi connectivity index (χ3n) is 4.80. The van der Waals surface area contributed by atoms with Crippen LogP contribution in [0.1, 0.15) is 43.9 Å². The van der Waals surface area contributed by atoms with Gasteiger partial charge in [-0.25, -0.2) is 0 Å². The van der Waals surface area contributed by atoms with Crippen LogP contribution in [0.15, 0.2) is 24.3 Å². The lowest BCUT2D eigenvalue weighted by Gasteiger charge is -2.35. The van der Waals surface area contributed by atoms with Gasteiger partial charge in [-0.3, -0.25) is 4.90 Å². The SMILES string of the molecule is CCNC(CN1CC2CCC(C1)O2)c1ccc(CC)cc1. The van der Waals surface area contributed by atoms with Crippen molar-refractivity contribution in [3.63, 3.8) is 0 Å². The minimum atomic E-state index is 0.429. The summed E-state index contributed by atoms with van der Waals surface area (Å²) in [7, 11) is 0. The molecule has 0 aliphatic carbocycles. The molecule has 3 nitrogen and oxygen atoms in total. The molecule has 2 heterocycles. The predicted octanol–water partition coefficient (Wildman–Crippen LogP) is 2.76. The first-order chi connectivity index (χ1) is 10.3. The number of benzene rings is 1. The molecule has 3 rings (SSSR count). The van der Waals surface area contributed by atoms with Gasteiger partial charge in [0.15, 0.2) is 0 Å². The smallest absolute Gasteiger partial charge is 0.0707 e. The zero-order valence-corrected chi connectivity index (χ0v) is 13.3. The van der Waals surface area contributed by atoms with E-state index < -0.39 is 0 Å². The Morgan fingerprint density at radius 2 is 1.81 bits per heavy atom. The Kier molecular flexibility index (Phi) is 4.94. The van der Waals surface area contributed by atoms with Crippen LogP contribution in [0.5, 0.6) is 0 Å². The number of likely N-dealkylation sites (tertiary alicyclic amines) is 1. The predicted molar refractivity (Wildman–Crippen MR) is 86.6 cm³/mol. The molecule has 0 aromatic heterocycles. The van der Waals surface area contributed by atoms with Crippen molar-refractivity contribution >= 4 is 0 Å².